The number of aromatic nitrogens is 1. The third-order valence-electron chi connectivity index (χ3n) is 2.48. The van der Waals surface area contributed by atoms with Crippen molar-refractivity contribution in [3.63, 3.8) is 0 Å². The van der Waals surface area contributed by atoms with E-state index in [9.17, 15) is 4.79 Å². The summed E-state index contributed by atoms with van der Waals surface area (Å²) in [6, 6.07) is 3.45. The molecular weight excluding hydrogens is 282 g/mol. The summed E-state index contributed by atoms with van der Waals surface area (Å²) in [7, 11) is 0. The van der Waals surface area contributed by atoms with E-state index in [1.807, 2.05) is 18.7 Å². The Labute approximate surface area is 123 Å². The standard InChI is InChI=1S/C13H20ClN3OS/c1-3-15-11-7-6-10(14)12(17-11)13(18)16-8-4-5-9-19-2/h6-7H,3-5,8-9H2,1-2H3,(H,15,17)(H,16,18). The van der Waals surface area contributed by atoms with Crippen LogP contribution in [0.2, 0.25) is 5.02 Å². The lowest BCUT2D eigenvalue weighted by Gasteiger charge is -2.08. The normalized spacial score (nSPS) is 10.3. The van der Waals surface area contributed by atoms with Gasteiger partial charge in [0.1, 0.15) is 11.5 Å². The van der Waals surface area contributed by atoms with Crippen LogP contribution < -0.4 is 10.6 Å². The van der Waals surface area contributed by atoms with E-state index in [0.29, 0.717) is 17.4 Å². The Balaban J connectivity index is 2.53. The number of carbonyl (C=O) groups is 1. The summed E-state index contributed by atoms with van der Waals surface area (Å²) >= 11 is 7.81. The van der Waals surface area contributed by atoms with Gasteiger partial charge < -0.3 is 10.6 Å². The van der Waals surface area contributed by atoms with Gasteiger partial charge >= 0.3 is 0 Å². The Morgan fingerprint density at radius 1 is 1.42 bits per heavy atom. The molecule has 0 aliphatic rings. The number of carbonyl (C=O) groups excluding carboxylic acids is 1. The Kier molecular flexibility index (Phi) is 7.67. The van der Waals surface area contributed by atoms with Crippen LogP contribution in [0.4, 0.5) is 5.82 Å². The monoisotopic (exact) mass is 301 g/mol. The van der Waals surface area contributed by atoms with Gasteiger partial charge in [-0.1, -0.05) is 11.6 Å². The van der Waals surface area contributed by atoms with Crippen molar-refractivity contribution < 1.29 is 4.79 Å². The molecule has 6 heteroatoms. The first-order chi connectivity index (χ1) is 9.19. The number of thioether (sulfide) groups is 1. The molecule has 1 aromatic heterocycles. The van der Waals surface area contributed by atoms with E-state index in [4.69, 9.17) is 11.6 Å². The van der Waals surface area contributed by atoms with Gasteiger partial charge in [-0.15, -0.1) is 0 Å². The van der Waals surface area contributed by atoms with Crippen molar-refractivity contribution in [2.45, 2.75) is 19.8 Å². The van der Waals surface area contributed by atoms with Crippen molar-refractivity contribution in [3.8, 4) is 0 Å². The molecule has 0 aliphatic heterocycles. The number of pyridine rings is 1. The molecule has 0 atom stereocenters. The van der Waals surface area contributed by atoms with Crippen LogP contribution in [-0.4, -0.2) is 36.0 Å². The van der Waals surface area contributed by atoms with Crippen LogP contribution in [0.5, 0.6) is 0 Å². The summed E-state index contributed by atoms with van der Waals surface area (Å²) in [6.45, 7) is 3.38. The molecule has 0 aromatic carbocycles. The number of nitrogens with zero attached hydrogens (tertiary/aromatic N) is 1. The van der Waals surface area contributed by atoms with Gasteiger partial charge in [0.05, 0.1) is 5.02 Å². The molecule has 4 nitrogen and oxygen atoms in total. The Bertz CT molecular complexity index is 415. The number of hydrogen-bond donors (Lipinski definition) is 2. The summed E-state index contributed by atoms with van der Waals surface area (Å²) in [5.41, 5.74) is 0.282. The van der Waals surface area contributed by atoms with E-state index in [0.717, 1.165) is 25.1 Å². The summed E-state index contributed by atoms with van der Waals surface area (Å²) in [5, 5.41) is 6.28. The maximum Gasteiger partial charge on any atom is 0.271 e. The van der Waals surface area contributed by atoms with Crippen molar-refractivity contribution in [1.82, 2.24) is 10.3 Å². The first kappa shape index (κ1) is 16.1. The average Bonchev–Trinajstić information content (AvgIpc) is 2.41. The lowest BCUT2D eigenvalue weighted by atomic mass is 10.3. The Hall–Kier alpha value is -0.940. The van der Waals surface area contributed by atoms with Crippen molar-refractivity contribution in [3.05, 3.63) is 22.8 Å². The summed E-state index contributed by atoms with van der Waals surface area (Å²) in [6.07, 6.45) is 4.14. The first-order valence-corrected chi connectivity index (χ1v) is 8.13. The third kappa shape index (κ3) is 5.70. The molecular formula is C13H20ClN3OS. The third-order valence-corrected chi connectivity index (χ3v) is 3.48. The van der Waals surface area contributed by atoms with Crippen molar-refractivity contribution in [2.24, 2.45) is 0 Å². The van der Waals surface area contributed by atoms with Gasteiger partial charge in [-0.3, -0.25) is 4.79 Å². The zero-order valence-corrected chi connectivity index (χ0v) is 12.9. The van der Waals surface area contributed by atoms with Crippen LogP contribution >= 0.6 is 23.4 Å². The predicted octanol–water partition coefficient (Wildman–Crippen LogP) is 3.04. The van der Waals surface area contributed by atoms with E-state index in [2.05, 4.69) is 21.9 Å². The fraction of sp³-hybridized carbons (Fsp3) is 0.538. The summed E-state index contributed by atoms with van der Waals surface area (Å²) in [5.74, 6) is 1.57. The molecule has 0 aliphatic carbocycles. The molecule has 0 saturated heterocycles. The first-order valence-electron chi connectivity index (χ1n) is 6.36. The molecule has 1 aromatic rings. The largest absolute Gasteiger partial charge is 0.370 e. The smallest absolute Gasteiger partial charge is 0.271 e. The molecule has 19 heavy (non-hydrogen) atoms. The molecule has 1 rings (SSSR count). The maximum atomic E-state index is 12.0. The molecule has 0 radical (unpaired) electrons. The van der Waals surface area contributed by atoms with E-state index in [-0.39, 0.29) is 11.6 Å². The minimum Gasteiger partial charge on any atom is -0.370 e. The molecule has 0 bridgehead atoms. The number of nitrogens with one attached hydrogen (secondary N) is 2. The van der Waals surface area contributed by atoms with Gasteiger partial charge in [-0.05, 0) is 43.9 Å². The zero-order valence-electron chi connectivity index (χ0n) is 11.3. The van der Waals surface area contributed by atoms with Gasteiger partial charge in [-0.2, -0.15) is 11.8 Å². The molecule has 106 valence electrons. The van der Waals surface area contributed by atoms with E-state index in [1.54, 1.807) is 12.1 Å². The van der Waals surface area contributed by atoms with Crippen molar-refractivity contribution in [1.29, 1.82) is 0 Å². The van der Waals surface area contributed by atoms with Gasteiger partial charge in [0, 0.05) is 13.1 Å². The van der Waals surface area contributed by atoms with Gasteiger partial charge in [0.25, 0.3) is 5.91 Å². The van der Waals surface area contributed by atoms with Crippen LogP contribution in [0.25, 0.3) is 0 Å². The van der Waals surface area contributed by atoms with Gasteiger partial charge in [0.2, 0.25) is 0 Å². The van der Waals surface area contributed by atoms with Gasteiger partial charge in [0.15, 0.2) is 0 Å². The minimum absolute atomic E-state index is 0.214. The van der Waals surface area contributed by atoms with Crippen molar-refractivity contribution >= 4 is 35.1 Å². The Morgan fingerprint density at radius 2 is 2.21 bits per heavy atom. The Morgan fingerprint density at radius 3 is 2.89 bits per heavy atom. The molecule has 0 saturated carbocycles. The fourth-order valence-corrected chi connectivity index (χ4v) is 2.22. The highest BCUT2D eigenvalue weighted by Gasteiger charge is 2.12. The van der Waals surface area contributed by atoms with Crippen LogP contribution in [0, 0.1) is 0 Å². The van der Waals surface area contributed by atoms with Crippen molar-refractivity contribution in [2.75, 3.05) is 30.4 Å². The highest BCUT2D eigenvalue weighted by atomic mass is 35.5. The summed E-state index contributed by atoms with van der Waals surface area (Å²) in [4.78, 5) is 16.2. The molecule has 0 fully saturated rings. The number of hydrogen-bond acceptors (Lipinski definition) is 4. The number of rotatable bonds is 8. The summed E-state index contributed by atoms with van der Waals surface area (Å²) < 4.78 is 0. The lowest BCUT2D eigenvalue weighted by Crippen LogP contribution is -2.26. The highest BCUT2D eigenvalue weighted by molar-refractivity contribution is 7.98. The van der Waals surface area contributed by atoms with Crippen LogP contribution in [0.3, 0.4) is 0 Å². The SMILES string of the molecule is CCNc1ccc(Cl)c(C(=O)NCCCCSC)n1. The molecule has 1 heterocycles. The van der Waals surface area contributed by atoms with Crippen LogP contribution in [0.15, 0.2) is 12.1 Å². The second kappa shape index (κ2) is 9.04. The highest BCUT2D eigenvalue weighted by Crippen LogP contribution is 2.16. The quantitative estimate of drug-likeness (QED) is 0.725. The van der Waals surface area contributed by atoms with E-state index < -0.39 is 0 Å². The molecule has 2 N–H and O–H groups in total. The minimum atomic E-state index is -0.214. The van der Waals surface area contributed by atoms with Crippen LogP contribution in [0.1, 0.15) is 30.3 Å². The van der Waals surface area contributed by atoms with E-state index in [1.165, 1.54) is 0 Å². The average molecular weight is 302 g/mol. The fourth-order valence-electron chi connectivity index (χ4n) is 1.54. The second-order valence-electron chi connectivity index (χ2n) is 4.01. The number of anilines is 1. The number of unbranched alkanes of at least 4 members (excludes halogenated alkanes) is 1. The molecule has 1 amide bonds. The predicted molar refractivity (Wildman–Crippen MR) is 83.4 cm³/mol. The van der Waals surface area contributed by atoms with Gasteiger partial charge in [-0.25, -0.2) is 4.98 Å². The maximum absolute atomic E-state index is 12.0. The topological polar surface area (TPSA) is 54.0 Å². The van der Waals surface area contributed by atoms with E-state index >= 15 is 0 Å². The lowest BCUT2D eigenvalue weighted by molar-refractivity contribution is 0.0948. The van der Waals surface area contributed by atoms with Crippen LogP contribution in [-0.2, 0) is 0 Å². The zero-order chi connectivity index (χ0) is 14.1. The molecule has 0 unspecified atom stereocenters. The molecule has 0 spiro atoms. The second-order valence-corrected chi connectivity index (χ2v) is 5.41. The number of halogens is 1. The number of amides is 1.